The largest absolute Gasteiger partial charge is 0.507 e. The van der Waals surface area contributed by atoms with Crippen LogP contribution in [-0.4, -0.2) is 31.7 Å². The number of hydrogen-bond donors (Lipinski definition) is 3. The SMILES string of the molecule is CCNC(=O)c1ccccc1O.CNC. The summed E-state index contributed by atoms with van der Waals surface area (Å²) in [5.74, 6) is -0.223. The van der Waals surface area contributed by atoms with Gasteiger partial charge in [-0.25, -0.2) is 0 Å². The number of carbonyl (C=O) groups excluding carboxylic acids is 1. The molecule has 0 bridgehead atoms. The van der Waals surface area contributed by atoms with E-state index in [1.54, 1.807) is 18.2 Å². The number of rotatable bonds is 2. The molecule has 0 aliphatic rings. The summed E-state index contributed by atoms with van der Waals surface area (Å²) in [6, 6.07) is 6.47. The van der Waals surface area contributed by atoms with Gasteiger partial charge in [-0.1, -0.05) is 12.1 Å². The van der Waals surface area contributed by atoms with Gasteiger partial charge >= 0.3 is 0 Å². The molecule has 0 aromatic heterocycles. The molecule has 4 nitrogen and oxygen atoms in total. The van der Waals surface area contributed by atoms with Crippen LogP contribution >= 0.6 is 0 Å². The number of nitrogens with one attached hydrogen (secondary N) is 2. The molecule has 1 aromatic rings. The molecular weight excluding hydrogens is 192 g/mol. The lowest BCUT2D eigenvalue weighted by Gasteiger charge is -2.02. The van der Waals surface area contributed by atoms with Crippen LogP contribution in [0.4, 0.5) is 0 Å². The molecule has 15 heavy (non-hydrogen) atoms. The van der Waals surface area contributed by atoms with Crippen molar-refractivity contribution in [1.29, 1.82) is 0 Å². The molecule has 0 unspecified atom stereocenters. The lowest BCUT2D eigenvalue weighted by Crippen LogP contribution is -2.22. The van der Waals surface area contributed by atoms with Crippen molar-refractivity contribution in [2.75, 3.05) is 20.6 Å². The van der Waals surface area contributed by atoms with Crippen LogP contribution in [-0.2, 0) is 0 Å². The van der Waals surface area contributed by atoms with Gasteiger partial charge in [0.25, 0.3) is 5.91 Å². The minimum absolute atomic E-state index is 0.0171. The number of carbonyl (C=O) groups is 1. The van der Waals surface area contributed by atoms with Gasteiger partial charge in [0.15, 0.2) is 0 Å². The topological polar surface area (TPSA) is 61.4 Å². The van der Waals surface area contributed by atoms with Crippen LogP contribution in [0.5, 0.6) is 5.75 Å². The quantitative estimate of drug-likeness (QED) is 0.682. The van der Waals surface area contributed by atoms with Crippen molar-refractivity contribution in [2.24, 2.45) is 0 Å². The van der Waals surface area contributed by atoms with Crippen molar-refractivity contribution in [1.82, 2.24) is 10.6 Å². The van der Waals surface area contributed by atoms with E-state index in [9.17, 15) is 9.90 Å². The molecule has 84 valence electrons. The molecule has 3 N–H and O–H groups in total. The average molecular weight is 210 g/mol. The van der Waals surface area contributed by atoms with Crippen molar-refractivity contribution < 1.29 is 9.90 Å². The molecule has 4 heteroatoms. The van der Waals surface area contributed by atoms with Crippen molar-refractivity contribution >= 4 is 5.91 Å². The zero-order valence-electron chi connectivity index (χ0n) is 9.37. The molecular formula is C11H18N2O2. The molecule has 0 saturated heterocycles. The predicted molar refractivity (Wildman–Crippen MR) is 61.1 cm³/mol. The van der Waals surface area contributed by atoms with Gasteiger partial charge in [-0.3, -0.25) is 4.79 Å². The fraction of sp³-hybridized carbons (Fsp3) is 0.364. The molecule has 0 atom stereocenters. The van der Waals surface area contributed by atoms with Crippen molar-refractivity contribution in [3.63, 3.8) is 0 Å². The lowest BCUT2D eigenvalue weighted by atomic mass is 10.2. The second kappa shape index (κ2) is 7.82. The summed E-state index contributed by atoms with van der Waals surface area (Å²) in [4.78, 5) is 11.2. The molecule has 0 spiro atoms. The standard InChI is InChI=1S/C9H11NO2.C2H7N/c1-2-10-9(12)7-5-3-4-6-8(7)11;1-3-2/h3-6,11H,2H2,1H3,(H,10,12);3H,1-2H3. The Hall–Kier alpha value is -1.55. The Morgan fingerprint density at radius 3 is 2.33 bits per heavy atom. The van der Waals surface area contributed by atoms with E-state index < -0.39 is 0 Å². The van der Waals surface area contributed by atoms with Gasteiger partial charge in [-0.05, 0) is 33.2 Å². The Bertz CT molecular complexity index is 300. The average Bonchev–Trinajstić information content (AvgIpc) is 2.20. The Morgan fingerprint density at radius 1 is 1.33 bits per heavy atom. The Kier molecular flexibility index (Phi) is 7.01. The summed E-state index contributed by atoms with van der Waals surface area (Å²) in [6.45, 7) is 2.39. The number of para-hydroxylation sites is 1. The highest BCUT2D eigenvalue weighted by atomic mass is 16.3. The first-order valence-corrected chi connectivity index (χ1v) is 4.82. The number of phenols is 1. The van der Waals surface area contributed by atoms with E-state index in [4.69, 9.17) is 0 Å². The van der Waals surface area contributed by atoms with Crippen LogP contribution in [0, 0.1) is 0 Å². The highest BCUT2D eigenvalue weighted by Crippen LogP contribution is 2.14. The van der Waals surface area contributed by atoms with Crippen molar-refractivity contribution in [3.05, 3.63) is 29.8 Å². The highest BCUT2D eigenvalue weighted by Gasteiger charge is 2.07. The lowest BCUT2D eigenvalue weighted by molar-refractivity contribution is 0.0953. The summed E-state index contributed by atoms with van der Waals surface area (Å²) in [5.41, 5.74) is 0.319. The maximum Gasteiger partial charge on any atom is 0.255 e. The maximum absolute atomic E-state index is 11.2. The van der Waals surface area contributed by atoms with Crippen LogP contribution in [0.3, 0.4) is 0 Å². The number of hydrogen-bond acceptors (Lipinski definition) is 3. The Balaban J connectivity index is 0.000000583. The third-order valence-corrected chi connectivity index (χ3v) is 1.49. The van der Waals surface area contributed by atoms with Crippen molar-refractivity contribution in [3.8, 4) is 5.75 Å². The van der Waals surface area contributed by atoms with E-state index in [1.807, 2.05) is 21.0 Å². The monoisotopic (exact) mass is 210 g/mol. The second-order valence-corrected chi connectivity index (χ2v) is 2.88. The smallest absolute Gasteiger partial charge is 0.255 e. The van der Waals surface area contributed by atoms with Gasteiger partial charge in [0.1, 0.15) is 5.75 Å². The molecule has 0 heterocycles. The second-order valence-electron chi connectivity index (χ2n) is 2.88. The van der Waals surface area contributed by atoms with Gasteiger partial charge in [0.2, 0.25) is 0 Å². The normalized spacial score (nSPS) is 8.73. The first-order chi connectivity index (χ1) is 7.17. The van der Waals surface area contributed by atoms with E-state index in [0.29, 0.717) is 12.1 Å². The first-order valence-electron chi connectivity index (χ1n) is 4.82. The molecule has 0 fully saturated rings. The van der Waals surface area contributed by atoms with Gasteiger partial charge < -0.3 is 15.7 Å². The number of phenolic OH excluding ortho intramolecular Hbond substituents is 1. The van der Waals surface area contributed by atoms with E-state index >= 15 is 0 Å². The van der Waals surface area contributed by atoms with Gasteiger partial charge in [-0.2, -0.15) is 0 Å². The van der Waals surface area contributed by atoms with Crippen LogP contribution < -0.4 is 10.6 Å². The Morgan fingerprint density at radius 2 is 1.87 bits per heavy atom. The number of benzene rings is 1. The summed E-state index contributed by atoms with van der Waals surface area (Å²) in [7, 11) is 3.75. The zero-order valence-corrected chi connectivity index (χ0v) is 9.37. The molecule has 1 aromatic carbocycles. The van der Waals surface area contributed by atoms with Crippen LogP contribution in [0.25, 0.3) is 0 Å². The minimum Gasteiger partial charge on any atom is -0.507 e. The molecule has 0 radical (unpaired) electrons. The minimum atomic E-state index is -0.240. The molecule has 1 amide bonds. The first kappa shape index (κ1) is 13.4. The van der Waals surface area contributed by atoms with Crippen LogP contribution in [0.2, 0.25) is 0 Å². The summed E-state index contributed by atoms with van der Waals surface area (Å²) in [6.07, 6.45) is 0. The van der Waals surface area contributed by atoms with E-state index in [1.165, 1.54) is 6.07 Å². The molecule has 0 aliphatic heterocycles. The maximum atomic E-state index is 11.2. The van der Waals surface area contributed by atoms with E-state index in [2.05, 4.69) is 10.6 Å². The zero-order chi connectivity index (χ0) is 11.7. The number of aromatic hydroxyl groups is 1. The van der Waals surface area contributed by atoms with Gasteiger partial charge in [-0.15, -0.1) is 0 Å². The highest BCUT2D eigenvalue weighted by molar-refractivity contribution is 5.96. The third-order valence-electron chi connectivity index (χ3n) is 1.49. The van der Waals surface area contributed by atoms with Gasteiger partial charge in [0.05, 0.1) is 5.56 Å². The predicted octanol–water partition coefficient (Wildman–Crippen LogP) is 0.978. The van der Waals surface area contributed by atoms with Crippen LogP contribution in [0.15, 0.2) is 24.3 Å². The summed E-state index contributed by atoms with van der Waals surface area (Å²) >= 11 is 0. The molecule has 0 saturated carbocycles. The third kappa shape index (κ3) is 5.02. The summed E-state index contributed by atoms with van der Waals surface area (Å²) in [5, 5.41) is 14.6. The fourth-order valence-electron chi connectivity index (χ4n) is 0.921. The fourth-order valence-corrected chi connectivity index (χ4v) is 0.921. The molecule has 1 rings (SSSR count). The Labute approximate surface area is 90.3 Å². The van der Waals surface area contributed by atoms with Crippen LogP contribution in [0.1, 0.15) is 17.3 Å². The summed E-state index contributed by atoms with van der Waals surface area (Å²) < 4.78 is 0. The van der Waals surface area contributed by atoms with Crippen molar-refractivity contribution in [2.45, 2.75) is 6.92 Å². The number of amides is 1. The molecule has 0 aliphatic carbocycles. The van der Waals surface area contributed by atoms with Gasteiger partial charge in [0, 0.05) is 6.54 Å². The van der Waals surface area contributed by atoms with E-state index in [-0.39, 0.29) is 11.7 Å². The van der Waals surface area contributed by atoms with E-state index in [0.717, 1.165) is 0 Å².